The Labute approximate surface area is 132 Å². The van der Waals surface area contributed by atoms with Gasteiger partial charge in [-0.1, -0.05) is 12.2 Å². The molecule has 1 aromatic rings. The Bertz CT molecular complexity index is 671. The second kappa shape index (κ2) is 5.92. The number of hydrogen-bond donors (Lipinski definition) is 1. The van der Waals surface area contributed by atoms with Gasteiger partial charge in [-0.15, -0.1) is 0 Å². The van der Waals surface area contributed by atoms with Crippen LogP contribution < -0.4 is 19.9 Å². The summed E-state index contributed by atoms with van der Waals surface area (Å²) in [4.78, 5) is 23.9. The summed E-state index contributed by atoms with van der Waals surface area (Å²) in [6.07, 6.45) is 2.19. The van der Waals surface area contributed by atoms with Crippen molar-refractivity contribution in [2.75, 3.05) is 19.5 Å². The van der Waals surface area contributed by atoms with Crippen LogP contribution in [0.15, 0.2) is 30.4 Å². The number of benzene rings is 1. The fourth-order valence-corrected chi connectivity index (χ4v) is 3.03. The van der Waals surface area contributed by atoms with Crippen LogP contribution in [0.3, 0.4) is 0 Å². The monoisotopic (exact) mass is 318 g/mol. The first-order chi connectivity index (χ1) is 11.0. The van der Waals surface area contributed by atoms with E-state index in [4.69, 9.17) is 14.2 Å². The summed E-state index contributed by atoms with van der Waals surface area (Å²) in [5.41, 5.74) is 0.403. The summed E-state index contributed by atoms with van der Waals surface area (Å²) >= 11 is 0. The molecule has 1 aromatic carbocycles. The minimum absolute atomic E-state index is 0.403. The summed E-state index contributed by atoms with van der Waals surface area (Å²) < 4.78 is 15.8. The Kier molecular flexibility index (Phi) is 3.96. The van der Waals surface area contributed by atoms with Gasteiger partial charge in [0.2, 0.25) is 5.91 Å². The van der Waals surface area contributed by atoms with Crippen molar-refractivity contribution in [3.8, 4) is 11.5 Å². The zero-order valence-electron chi connectivity index (χ0n) is 12.6. The van der Waals surface area contributed by atoms with E-state index in [9.17, 15) is 14.7 Å². The molecule has 1 amide bonds. The van der Waals surface area contributed by atoms with Gasteiger partial charge in [0.15, 0.2) is 0 Å². The SMILES string of the molecule is COc1ccc(OC)c(NC(=O)[C@H]2[C@@H](C(=O)[O-])[C@@H]3C=C[C@H]2O3)c1. The number of ether oxygens (including phenoxy) is 3. The third-order valence-corrected chi connectivity index (χ3v) is 4.14. The average molecular weight is 318 g/mol. The maximum Gasteiger partial charge on any atom is 0.231 e. The molecule has 4 atom stereocenters. The van der Waals surface area contributed by atoms with E-state index >= 15 is 0 Å². The van der Waals surface area contributed by atoms with E-state index in [2.05, 4.69) is 5.32 Å². The molecule has 0 aliphatic carbocycles. The van der Waals surface area contributed by atoms with Crippen LogP contribution in [0.25, 0.3) is 0 Å². The molecule has 0 unspecified atom stereocenters. The number of carbonyl (C=O) groups is 2. The quantitative estimate of drug-likeness (QED) is 0.765. The molecule has 7 nitrogen and oxygen atoms in total. The molecular weight excluding hydrogens is 302 g/mol. The van der Waals surface area contributed by atoms with Crippen molar-refractivity contribution >= 4 is 17.6 Å². The summed E-state index contributed by atoms with van der Waals surface area (Å²) in [6, 6.07) is 4.96. The fourth-order valence-electron chi connectivity index (χ4n) is 3.03. The summed E-state index contributed by atoms with van der Waals surface area (Å²) in [6.45, 7) is 0. The van der Waals surface area contributed by atoms with Gasteiger partial charge in [0.1, 0.15) is 11.5 Å². The van der Waals surface area contributed by atoms with E-state index in [-0.39, 0.29) is 0 Å². The number of carboxylic acid groups (broad SMARTS) is 1. The first-order valence-corrected chi connectivity index (χ1v) is 7.12. The predicted molar refractivity (Wildman–Crippen MR) is 78.0 cm³/mol. The number of amides is 1. The van der Waals surface area contributed by atoms with Crippen LogP contribution in [-0.2, 0) is 14.3 Å². The first-order valence-electron chi connectivity index (χ1n) is 7.12. The van der Waals surface area contributed by atoms with E-state index in [1.54, 1.807) is 30.4 Å². The Hall–Kier alpha value is -2.54. The normalized spacial score (nSPS) is 27.7. The number of rotatable bonds is 5. The lowest BCUT2D eigenvalue weighted by Crippen LogP contribution is -2.45. The van der Waals surface area contributed by atoms with Crippen molar-refractivity contribution in [2.24, 2.45) is 11.8 Å². The standard InChI is InChI=1S/C16H17NO6/c1-21-8-3-4-10(22-2)9(7-8)17-15(18)13-11-5-6-12(23-11)14(13)16(19)20/h3-7,11-14H,1-2H3,(H,17,18)(H,19,20)/p-1/t11-,12+,13-,14+/m1/s1. The summed E-state index contributed by atoms with van der Waals surface area (Å²) in [5.74, 6) is -2.60. The molecule has 2 bridgehead atoms. The lowest BCUT2D eigenvalue weighted by molar-refractivity contribution is -0.313. The molecule has 1 fully saturated rings. The number of methoxy groups -OCH3 is 2. The molecule has 2 heterocycles. The number of aliphatic carboxylic acids is 1. The second-order valence-corrected chi connectivity index (χ2v) is 5.38. The largest absolute Gasteiger partial charge is 0.550 e. The number of carbonyl (C=O) groups excluding carboxylic acids is 2. The third kappa shape index (κ3) is 2.63. The zero-order chi connectivity index (χ0) is 16.6. The Morgan fingerprint density at radius 3 is 2.43 bits per heavy atom. The topological polar surface area (TPSA) is 96.9 Å². The predicted octanol–water partition coefficient (Wildman–Crippen LogP) is -0.0382. The van der Waals surface area contributed by atoms with Crippen LogP contribution in [0.5, 0.6) is 11.5 Å². The molecule has 0 radical (unpaired) electrons. The zero-order valence-corrected chi connectivity index (χ0v) is 12.6. The van der Waals surface area contributed by atoms with Gasteiger partial charge in [-0.05, 0) is 12.1 Å². The van der Waals surface area contributed by atoms with E-state index in [1.165, 1.54) is 14.2 Å². The lowest BCUT2D eigenvalue weighted by Gasteiger charge is -2.25. The van der Waals surface area contributed by atoms with Gasteiger partial charge in [0.25, 0.3) is 0 Å². The van der Waals surface area contributed by atoms with Crippen LogP contribution >= 0.6 is 0 Å². The maximum atomic E-state index is 12.6. The van der Waals surface area contributed by atoms with E-state index < -0.39 is 35.9 Å². The molecule has 0 saturated carbocycles. The van der Waals surface area contributed by atoms with Crippen LogP contribution in [0.1, 0.15) is 0 Å². The summed E-state index contributed by atoms with van der Waals surface area (Å²) in [7, 11) is 2.99. The molecule has 1 N–H and O–H groups in total. The number of hydrogen-bond acceptors (Lipinski definition) is 6. The fraction of sp³-hybridized carbons (Fsp3) is 0.375. The highest BCUT2D eigenvalue weighted by molar-refractivity contribution is 5.97. The molecule has 1 saturated heterocycles. The van der Waals surface area contributed by atoms with E-state index in [0.29, 0.717) is 17.2 Å². The van der Waals surface area contributed by atoms with Crippen molar-refractivity contribution in [1.82, 2.24) is 0 Å². The molecule has 2 aliphatic heterocycles. The third-order valence-electron chi connectivity index (χ3n) is 4.14. The van der Waals surface area contributed by atoms with Crippen molar-refractivity contribution in [1.29, 1.82) is 0 Å². The number of anilines is 1. The second-order valence-electron chi connectivity index (χ2n) is 5.38. The molecule has 7 heteroatoms. The van der Waals surface area contributed by atoms with E-state index in [0.717, 1.165) is 0 Å². The van der Waals surface area contributed by atoms with Crippen molar-refractivity contribution in [3.63, 3.8) is 0 Å². The van der Waals surface area contributed by atoms with Crippen LogP contribution in [-0.4, -0.2) is 38.3 Å². The van der Waals surface area contributed by atoms with Crippen LogP contribution in [0.4, 0.5) is 5.69 Å². The molecule has 2 aliphatic rings. The molecule has 23 heavy (non-hydrogen) atoms. The van der Waals surface area contributed by atoms with Gasteiger partial charge in [-0.3, -0.25) is 4.79 Å². The first kappa shape index (κ1) is 15.4. The highest BCUT2D eigenvalue weighted by atomic mass is 16.5. The Balaban J connectivity index is 1.84. The lowest BCUT2D eigenvalue weighted by atomic mass is 9.82. The van der Waals surface area contributed by atoms with Crippen molar-refractivity contribution in [2.45, 2.75) is 12.2 Å². The average Bonchev–Trinajstić information content (AvgIpc) is 3.15. The molecule has 3 rings (SSSR count). The van der Waals surface area contributed by atoms with Crippen LogP contribution in [0.2, 0.25) is 0 Å². The van der Waals surface area contributed by atoms with Gasteiger partial charge < -0.3 is 29.4 Å². The Morgan fingerprint density at radius 1 is 1.13 bits per heavy atom. The van der Waals surface area contributed by atoms with Gasteiger partial charge in [-0.25, -0.2) is 0 Å². The number of nitrogens with one attached hydrogen (secondary N) is 1. The summed E-state index contributed by atoms with van der Waals surface area (Å²) in [5, 5.41) is 14.0. The van der Waals surface area contributed by atoms with Gasteiger partial charge in [0.05, 0.1) is 38.0 Å². The van der Waals surface area contributed by atoms with Crippen molar-refractivity contribution < 1.29 is 28.9 Å². The molecular formula is C16H16NO6-. The highest BCUT2D eigenvalue weighted by Gasteiger charge is 2.50. The van der Waals surface area contributed by atoms with Crippen molar-refractivity contribution in [3.05, 3.63) is 30.4 Å². The van der Waals surface area contributed by atoms with Gasteiger partial charge in [0, 0.05) is 18.0 Å². The van der Waals surface area contributed by atoms with Crippen LogP contribution in [0, 0.1) is 11.8 Å². The molecule has 0 aromatic heterocycles. The van der Waals surface area contributed by atoms with E-state index in [1.807, 2.05) is 0 Å². The number of fused-ring (bicyclic) bond motifs is 2. The minimum Gasteiger partial charge on any atom is -0.550 e. The minimum atomic E-state index is -1.29. The smallest absolute Gasteiger partial charge is 0.231 e. The maximum absolute atomic E-state index is 12.6. The molecule has 122 valence electrons. The molecule has 0 spiro atoms. The number of carboxylic acids is 1. The van der Waals surface area contributed by atoms with Gasteiger partial charge >= 0.3 is 0 Å². The Morgan fingerprint density at radius 2 is 1.83 bits per heavy atom. The van der Waals surface area contributed by atoms with Gasteiger partial charge in [-0.2, -0.15) is 0 Å². The highest BCUT2D eigenvalue weighted by Crippen LogP contribution is 2.40.